The Bertz CT molecular complexity index is 391. The first-order chi connectivity index (χ1) is 8.70. The number of halogens is 1. The van der Waals surface area contributed by atoms with E-state index in [0.717, 1.165) is 37.9 Å². The van der Waals surface area contributed by atoms with Crippen LogP contribution in [0.25, 0.3) is 0 Å². The van der Waals surface area contributed by atoms with E-state index in [0.29, 0.717) is 12.5 Å². The minimum Gasteiger partial charge on any atom is -0.379 e. The third kappa shape index (κ3) is 3.45. The lowest BCUT2D eigenvalue weighted by Gasteiger charge is -2.30. The van der Waals surface area contributed by atoms with E-state index < -0.39 is 0 Å². The summed E-state index contributed by atoms with van der Waals surface area (Å²) in [5, 5.41) is 0.788. The van der Waals surface area contributed by atoms with Crippen molar-refractivity contribution in [2.45, 2.75) is 12.8 Å². The molecule has 1 aromatic carbocycles. The van der Waals surface area contributed by atoms with Crippen LogP contribution in [0.5, 0.6) is 0 Å². The van der Waals surface area contributed by atoms with Gasteiger partial charge in [-0.05, 0) is 30.2 Å². The first kappa shape index (κ1) is 13.8. The van der Waals surface area contributed by atoms with Gasteiger partial charge in [-0.1, -0.05) is 17.7 Å². The second-order valence-corrected chi connectivity index (χ2v) is 5.28. The zero-order chi connectivity index (χ0) is 13.0. The molecule has 1 atom stereocenters. The smallest absolute Gasteiger partial charge is 0.0594 e. The quantitative estimate of drug-likeness (QED) is 0.908. The zero-order valence-electron chi connectivity index (χ0n) is 10.9. The molecular weight excluding hydrogens is 248 g/mol. The summed E-state index contributed by atoms with van der Waals surface area (Å²) in [5.74, 6) is 0.349. The summed E-state index contributed by atoms with van der Waals surface area (Å²) in [6.45, 7) is 7.40. The number of hydrogen-bond donors (Lipinski definition) is 1. The molecule has 0 radical (unpaired) electrons. The van der Waals surface area contributed by atoms with Crippen molar-refractivity contribution >= 4 is 11.6 Å². The molecule has 1 aliphatic rings. The Labute approximate surface area is 114 Å². The van der Waals surface area contributed by atoms with Gasteiger partial charge >= 0.3 is 0 Å². The third-order valence-corrected chi connectivity index (χ3v) is 3.78. The van der Waals surface area contributed by atoms with Gasteiger partial charge in [-0.15, -0.1) is 0 Å². The Morgan fingerprint density at radius 3 is 2.78 bits per heavy atom. The predicted octanol–water partition coefficient (Wildman–Crippen LogP) is 2.02. The number of morpholine rings is 1. The Morgan fingerprint density at radius 2 is 2.11 bits per heavy atom. The Balaban J connectivity index is 2.09. The number of hydrogen-bond acceptors (Lipinski definition) is 3. The molecule has 0 amide bonds. The number of nitrogens with two attached hydrogens (primary N) is 1. The average molecular weight is 269 g/mol. The molecular formula is C14H21ClN2O. The van der Waals surface area contributed by atoms with Crippen molar-refractivity contribution in [3.8, 4) is 0 Å². The molecule has 4 heteroatoms. The third-order valence-electron chi connectivity index (χ3n) is 3.55. The highest BCUT2D eigenvalue weighted by atomic mass is 35.5. The normalized spacial score (nSPS) is 18.8. The van der Waals surface area contributed by atoms with Gasteiger partial charge in [-0.25, -0.2) is 0 Å². The minimum absolute atomic E-state index is 0.349. The summed E-state index contributed by atoms with van der Waals surface area (Å²) in [5.41, 5.74) is 8.48. The average Bonchev–Trinajstić information content (AvgIpc) is 2.40. The molecule has 18 heavy (non-hydrogen) atoms. The molecule has 1 saturated heterocycles. The van der Waals surface area contributed by atoms with Crippen molar-refractivity contribution in [3.05, 3.63) is 34.3 Å². The molecule has 1 heterocycles. The van der Waals surface area contributed by atoms with Crippen molar-refractivity contribution < 1.29 is 4.74 Å². The molecule has 2 N–H and O–H groups in total. The van der Waals surface area contributed by atoms with Gasteiger partial charge in [-0.2, -0.15) is 0 Å². The molecule has 0 aliphatic carbocycles. The van der Waals surface area contributed by atoms with Gasteiger partial charge in [0.05, 0.1) is 13.2 Å². The van der Waals surface area contributed by atoms with Crippen LogP contribution in [-0.2, 0) is 4.74 Å². The van der Waals surface area contributed by atoms with Crippen molar-refractivity contribution in [2.75, 3.05) is 39.4 Å². The van der Waals surface area contributed by atoms with Gasteiger partial charge in [-0.3, -0.25) is 4.90 Å². The van der Waals surface area contributed by atoms with E-state index in [1.165, 1.54) is 11.1 Å². The maximum Gasteiger partial charge on any atom is 0.0594 e. The number of rotatable bonds is 4. The fraction of sp³-hybridized carbons (Fsp3) is 0.571. The van der Waals surface area contributed by atoms with E-state index in [-0.39, 0.29) is 0 Å². The highest BCUT2D eigenvalue weighted by molar-refractivity contribution is 6.30. The largest absolute Gasteiger partial charge is 0.379 e. The maximum atomic E-state index is 6.09. The number of nitrogens with zero attached hydrogens (tertiary/aromatic N) is 1. The van der Waals surface area contributed by atoms with Gasteiger partial charge < -0.3 is 10.5 Å². The first-order valence-electron chi connectivity index (χ1n) is 6.47. The molecule has 1 aromatic rings. The van der Waals surface area contributed by atoms with Crippen LogP contribution >= 0.6 is 11.6 Å². The van der Waals surface area contributed by atoms with Crippen LogP contribution < -0.4 is 5.73 Å². The molecule has 3 nitrogen and oxygen atoms in total. The van der Waals surface area contributed by atoms with Gasteiger partial charge in [0.25, 0.3) is 0 Å². The zero-order valence-corrected chi connectivity index (χ0v) is 11.6. The van der Waals surface area contributed by atoms with Crippen LogP contribution in [0.1, 0.15) is 17.0 Å². The second-order valence-electron chi connectivity index (χ2n) is 4.85. The SMILES string of the molecule is Cc1ccc(Cl)cc1C(CN)CN1CCOCC1. The molecule has 1 aliphatic heterocycles. The van der Waals surface area contributed by atoms with Crippen molar-refractivity contribution in [1.82, 2.24) is 4.90 Å². The van der Waals surface area contributed by atoms with Crippen LogP contribution in [0, 0.1) is 6.92 Å². The lowest BCUT2D eigenvalue weighted by Crippen LogP contribution is -2.40. The summed E-state index contributed by atoms with van der Waals surface area (Å²) in [7, 11) is 0. The highest BCUT2D eigenvalue weighted by Gasteiger charge is 2.18. The van der Waals surface area contributed by atoms with Crippen LogP contribution in [0.2, 0.25) is 5.02 Å². The summed E-state index contributed by atoms with van der Waals surface area (Å²) in [4.78, 5) is 2.42. The Kier molecular flexibility index (Phi) is 5.01. The van der Waals surface area contributed by atoms with Crippen molar-refractivity contribution in [2.24, 2.45) is 5.73 Å². The molecule has 0 saturated carbocycles. The molecule has 0 spiro atoms. The molecule has 0 aromatic heterocycles. The second kappa shape index (κ2) is 6.53. The Morgan fingerprint density at radius 1 is 1.39 bits per heavy atom. The molecule has 1 unspecified atom stereocenters. The van der Waals surface area contributed by atoms with E-state index in [1.54, 1.807) is 0 Å². The van der Waals surface area contributed by atoms with E-state index >= 15 is 0 Å². The highest BCUT2D eigenvalue weighted by Crippen LogP contribution is 2.24. The van der Waals surface area contributed by atoms with Gasteiger partial charge in [0.1, 0.15) is 0 Å². The number of benzene rings is 1. The van der Waals surface area contributed by atoms with Crippen LogP contribution in [0.4, 0.5) is 0 Å². The number of ether oxygens (including phenoxy) is 1. The van der Waals surface area contributed by atoms with Crippen LogP contribution in [0.15, 0.2) is 18.2 Å². The maximum absolute atomic E-state index is 6.09. The molecule has 0 bridgehead atoms. The van der Waals surface area contributed by atoms with Crippen molar-refractivity contribution in [3.63, 3.8) is 0 Å². The van der Waals surface area contributed by atoms with Gasteiger partial charge in [0, 0.05) is 37.1 Å². The fourth-order valence-electron chi connectivity index (χ4n) is 2.45. The number of aryl methyl sites for hydroxylation is 1. The minimum atomic E-state index is 0.349. The topological polar surface area (TPSA) is 38.5 Å². The van der Waals surface area contributed by atoms with E-state index in [4.69, 9.17) is 22.1 Å². The lowest BCUT2D eigenvalue weighted by molar-refractivity contribution is 0.0353. The van der Waals surface area contributed by atoms with Gasteiger partial charge in [0.15, 0.2) is 0 Å². The van der Waals surface area contributed by atoms with Crippen molar-refractivity contribution in [1.29, 1.82) is 0 Å². The molecule has 100 valence electrons. The standard InChI is InChI=1S/C14H21ClN2O/c1-11-2-3-13(15)8-14(11)12(9-16)10-17-4-6-18-7-5-17/h2-3,8,12H,4-7,9-10,16H2,1H3. The summed E-state index contributed by atoms with van der Waals surface area (Å²) in [6.07, 6.45) is 0. The van der Waals surface area contributed by atoms with E-state index in [2.05, 4.69) is 24.0 Å². The monoisotopic (exact) mass is 268 g/mol. The van der Waals surface area contributed by atoms with Crippen LogP contribution in [0.3, 0.4) is 0 Å². The Hall–Kier alpha value is -0.610. The summed E-state index contributed by atoms with van der Waals surface area (Å²) < 4.78 is 5.37. The summed E-state index contributed by atoms with van der Waals surface area (Å²) in [6, 6.07) is 6.05. The lowest BCUT2D eigenvalue weighted by atomic mass is 9.94. The van der Waals surface area contributed by atoms with Crippen LogP contribution in [-0.4, -0.2) is 44.3 Å². The molecule has 2 rings (SSSR count). The fourth-order valence-corrected chi connectivity index (χ4v) is 2.63. The first-order valence-corrected chi connectivity index (χ1v) is 6.84. The van der Waals surface area contributed by atoms with Gasteiger partial charge in [0.2, 0.25) is 0 Å². The van der Waals surface area contributed by atoms with E-state index in [1.807, 2.05) is 6.07 Å². The predicted molar refractivity (Wildman–Crippen MR) is 75.2 cm³/mol. The van der Waals surface area contributed by atoms with E-state index in [9.17, 15) is 0 Å². The molecule has 1 fully saturated rings. The summed E-state index contributed by atoms with van der Waals surface area (Å²) >= 11 is 6.09.